The second-order valence-electron chi connectivity index (χ2n) is 4.86. The minimum atomic E-state index is -0.162. The van der Waals surface area contributed by atoms with Crippen LogP contribution in [-0.4, -0.2) is 6.10 Å². The Balaban J connectivity index is 1.81. The highest BCUT2D eigenvalue weighted by atomic mass is 16.5. The van der Waals surface area contributed by atoms with Crippen LogP contribution in [0.3, 0.4) is 0 Å². The van der Waals surface area contributed by atoms with Gasteiger partial charge in [-0.3, -0.25) is 0 Å². The van der Waals surface area contributed by atoms with Crippen molar-refractivity contribution in [3.63, 3.8) is 0 Å². The van der Waals surface area contributed by atoms with Crippen molar-refractivity contribution in [3.8, 4) is 5.75 Å². The Bertz CT molecular complexity index is 543. The van der Waals surface area contributed by atoms with Crippen molar-refractivity contribution in [2.45, 2.75) is 31.9 Å². The van der Waals surface area contributed by atoms with Crippen LogP contribution in [0.5, 0.6) is 5.75 Å². The van der Waals surface area contributed by atoms with E-state index in [0.29, 0.717) is 6.10 Å². The predicted molar refractivity (Wildman–Crippen MR) is 69.6 cm³/mol. The van der Waals surface area contributed by atoms with E-state index in [4.69, 9.17) is 14.9 Å². The molecule has 3 nitrogen and oxygen atoms in total. The van der Waals surface area contributed by atoms with Crippen molar-refractivity contribution in [2.24, 2.45) is 5.73 Å². The molecule has 1 atom stereocenters. The van der Waals surface area contributed by atoms with Crippen LogP contribution in [0, 0.1) is 6.92 Å². The summed E-state index contributed by atoms with van der Waals surface area (Å²) < 4.78 is 11.1. The molecule has 94 valence electrons. The number of nitrogens with two attached hydrogens (primary N) is 1. The summed E-state index contributed by atoms with van der Waals surface area (Å²) in [6.07, 6.45) is 4.45. The fourth-order valence-electron chi connectivity index (χ4n) is 1.98. The maximum Gasteiger partial charge on any atom is 0.120 e. The molecule has 18 heavy (non-hydrogen) atoms. The van der Waals surface area contributed by atoms with Gasteiger partial charge in [0, 0.05) is 5.56 Å². The molecule has 1 fully saturated rings. The lowest BCUT2D eigenvalue weighted by molar-refractivity contribution is 0.303. The van der Waals surface area contributed by atoms with Crippen LogP contribution < -0.4 is 10.5 Å². The molecule has 0 radical (unpaired) electrons. The Kier molecular flexibility index (Phi) is 2.84. The molecule has 0 saturated heterocycles. The van der Waals surface area contributed by atoms with E-state index < -0.39 is 0 Å². The van der Waals surface area contributed by atoms with E-state index in [2.05, 4.69) is 0 Å². The van der Waals surface area contributed by atoms with Crippen LogP contribution in [0.1, 0.15) is 35.8 Å². The van der Waals surface area contributed by atoms with Gasteiger partial charge in [0.1, 0.15) is 11.5 Å². The summed E-state index contributed by atoms with van der Waals surface area (Å²) in [6, 6.07) is 9.82. The zero-order chi connectivity index (χ0) is 12.5. The molecule has 1 aromatic heterocycles. The van der Waals surface area contributed by atoms with Gasteiger partial charge in [-0.1, -0.05) is 12.1 Å². The van der Waals surface area contributed by atoms with Gasteiger partial charge in [-0.2, -0.15) is 0 Å². The average Bonchev–Trinajstić information content (AvgIpc) is 3.08. The van der Waals surface area contributed by atoms with Crippen molar-refractivity contribution < 1.29 is 9.15 Å². The molecule has 3 rings (SSSR count). The molecule has 1 unspecified atom stereocenters. The van der Waals surface area contributed by atoms with Gasteiger partial charge >= 0.3 is 0 Å². The van der Waals surface area contributed by atoms with Crippen LogP contribution >= 0.6 is 0 Å². The summed E-state index contributed by atoms with van der Waals surface area (Å²) in [6.45, 7) is 1.92. The molecule has 0 bridgehead atoms. The SMILES string of the molecule is Cc1cc(C(N)c2cccc(OC3CC3)c2)co1. The first-order chi connectivity index (χ1) is 8.72. The number of furan rings is 1. The van der Waals surface area contributed by atoms with Crippen LogP contribution in [0.15, 0.2) is 41.0 Å². The van der Waals surface area contributed by atoms with E-state index in [0.717, 1.165) is 35.5 Å². The minimum absolute atomic E-state index is 0.162. The quantitative estimate of drug-likeness (QED) is 0.897. The Morgan fingerprint density at radius 1 is 1.28 bits per heavy atom. The molecule has 1 aromatic carbocycles. The molecule has 3 heteroatoms. The number of benzene rings is 1. The normalized spacial score (nSPS) is 16.6. The van der Waals surface area contributed by atoms with Crippen molar-refractivity contribution in [3.05, 3.63) is 53.5 Å². The lowest BCUT2D eigenvalue weighted by atomic mass is 10.0. The number of hydrogen-bond acceptors (Lipinski definition) is 3. The van der Waals surface area contributed by atoms with E-state index in [9.17, 15) is 0 Å². The first-order valence-electron chi connectivity index (χ1n) is 6.29. The third-order valence-corrected chi connectivity index (χ3v) is 3.15. The van der Waals surface area contributed by atoms with Gasteiger partial charge in [0.25, 0.3) is 0 Å². The topological polar surface area (TPSA) is 48.4 Å². The van der Waals surface area contributed by atoms with E-state index in [1.54, 1.807) is 6.26 Å². The predicted octanol–water partition coefficient (Wildman–Crippen LogP) is 3.18. The van der Waals surface area contributed by atoms with E-state index in [1.165, 1.54) is 0 Å². The standard InChI is InChI=1S/C15H17NO2/c1-10-7-12(9-17-10)15(16)11-3-2-4-14(8-11)18-13-5-6-13/h2-4,7-9,13,15H,5-6,16H2,1H3. The first-order valence-corrected chi connectivity index (χ1v) is 6.29. The fourth-order valence-corrected chi connectivity index (χ4v) is 1.98. The second kappa shape index (κ2) is 4.50. The highest BCUT2D eigenvalue weighted by molar-refractivity contribution is 5.36. The number of hydrogen-bond donors (Lipinski definition) is 1. The minimum Gasteiger partial charge on any atom is -0.490 e. The molecule has 2 aromatic rings. The average molecular weight is 243 g/mol. The third-order valence-electron chi connectivity index (χ3n) is 3.15. The van der Waals surface area contributed by atoms with Gasteiger partial charge in [-0.05, 0) is 43.5 Å². The molecule has 1 heterocycles. The number of rotatable bonds is 4. The van der Waals surface area contributed by atoms with Gasteiger partial charge in [0.15, 0.2) is 0 Å². The van der Waals surface area contributed by atoms with Crippen LogP contribution in [-0.2, 0) is 0 Å². The largest absolute Gasteiger partial charge is 0.490 e. The van der Waals surface area contributed by atoms with E-state index in [1.807, 2.05) is 37.3 Å². The van der Waals surface area contributed by atoms with Crippen molar-refractivity contribution in [2.75, 3.05) is 0 Å². The Hall–Kier alpha value is -1.74. The van der Waals surface area contributed by atoms with E-state index >= 15 is 0 Å². The maximum absolute atomic E-state index is 6.23. The highest BCUT2D eigenvalue weighted by Crippen LogP contribution is 2.29. The summed E-state index contributed by atoms with van der Waals surface area (Å²) in [5.74, 6) is 1.79. The summed E-state index contributed by atoms with van der Waals surface area (Å²) in [5.41, 5.74) is 8.28. The monoisotopic (exact) mass is 243 g/mol. The van der Waals surface area contributed by atoms with Gasteiger partial charge in [0.05, 0.1) is 18.4 Å². The summed E-state index contributed by atoms with van der Waals surface area (Å²) in [7, 11) is 0. The fraction of sp³-hybridized carbons (Fsp3) is 0.333. The molecular formula is C15H17NO2. The van der Waals surface area contributed by atoms with Crippen LogP contribution in [0.4, 0.5) is 0 Å². The summed E-state index contributed by atoms with van der Waals surface area (Å²) >= 11 is 0. The first kappa shape index (κ1) is 11.4. The molecule has 1 aliphatic carbocycles. The number of ether oxygens (including phenoxy) is 1. The van der Waals surface area contributed by atoms with E-state index in [-0.39, 0.29) is 6.04 Å². The lowest BCUT2D eigenvalue weighted by Gasteiger charge is -2.12. The van der Waals surface area contributed by atoms with Crippen molar-refractivity contribution in [1.82, 2.24) is 0 Å². The van der Waals surface area contributed by atoms with Crippen molar-refractivity contribution >= 4 is 0 Å². The van der Waals surface area contributed by atoms with Gasteiger partial charge in [0.2, 0.25) is 0 Å². The second-order valence-corrected chi connectivity index (χ2v) is 4.86. The van der Waals surface area contributed by atoms with Crippen molar-refractivity contribution in [1.29, 1.82) is 0 Å². The Labute approximate surface area is 107 Å². The zero-order valence-electron chi connectivity index (χ0n) is 10.4. The molecule has 1 aliphatic rings. The summed E-state index contributed by atoms with van der Waals surface area (Å²) in [5, 5.41) is 0. The molecule has 0 amide bonds. The van der Waals surface area contributed by atoms with Crippen LogP contribution in [0.2, 0.25) is 0 Å². The zero-order valence-corrected chi connectivity index (χ0v) is 10.4. The molecule has 2 N–H and O–H groups in total. The van der Waals surface area contributed by atoms with Gasteiger partial charge in [-0.15, -0.1) is 0 Å². The molecule has 0 spiro atoms. The molecular weight excluding hydrogens is 226 g/mol. The van der Waals surface area contributed by atoms with Gasteiger partial charge in [-0.25, -0.2) is 0 Å². The lowest BCUT2D eigenvalue weighted by Crippen LogP contribution is -2.11. The van der Waals surface area contributed by atoms with Crippen LogP contribution in [0.25, 0.3) is 0 Å². The third kappa shape index (κ3) is 2.41. The van der Waals surface area contributed by atoms with Gasteiger partial charge < -0.3 is 14.9 Å². The number of aryl methyl sites for hydroxylation is 1. The highest BCUT2D eigenvalue weighted by Gasteiger charge is 2.23. The summed E-state index contributed by atoms with van der Waals surface area (Å²) in [4.78, 5) is 0. The maximum atomic E-state index is 6.23. The Morgan fingerprint density at radius 2 is 2.11 bits per heavy atom. The molecule has 1 saturated carbocycles. The smallest absolute Gasteiger partial charge is 0.120 e. The Morgan fingerprint density at radius 3 is 2.78 bits per heavy atom. The molecule has 0 aliphatic heterocycles.